The Kier molecular flexibility index (Phi) is 3.85. The summed E-state index contributed by atoms with van der Waals surface area (Å²) < 4.78 is 5.64. The summed E-state index contributed by atoms with van der Waals surface area (Å²) in [7, 11) is 0. The third kappa shape index (κ3) is 2.90. The van der Waals surface area contributed by atoms with Gasteiger partial charge in [-0.3, -0.25) is 5.84 Å². The van der Waals surface area contributed by atoms with E-state index in [1.165, 1.54) is 0 Å². The summed E-state index contributed by atoms with van der Waals surface area (Å²) in [4.78, 5) is 0. The van der Waals surface area contributed by atoms with Gasteiger partial charge in [0, 0.05) is 0 Å². The summed E-state index contributed by atoms with van der Waals surface area (Å²) in [6, 6.07) is 15.3. The Labute approximate surface area is 105 Å². The second-order valence-corrected chi connectivity index (χ2v) is 3.91. The molecule has 2 aromatic rings. The molecule has 0 radical (unpaired) electrons. The highest BCUT2D eigenvalue weighted by Crippen LogP contribution is 2.31. The number of halogens is 1. The highest BCUT2D eigenvalue weighted by molar-refractivity contribution is 6.34. The normalized spacial score (nSPS) is 10.0. The van der Waals surface area contributed by atoms with Crippen molar-refractivity contribution in [2.45, 2.75) is 6.61 Å². The molecule has 0 atom stereocenters. The van der Waals surface area contributed by atoms with Crippen molar-refractivity contribution in [2.75, 3.05) is 5.43 Å². The molecule has 0 saturated carbocycles. The number of anilines is 1. The van der Waals surface area contributed by atoms with Gasteiger partial charge in [-0.1, -0.05) is 48.0 Å². The molecule has 0 spiro atoms. The summed E-state index contributed by atoms with van der Waals surface area (Å²) in [6.45, 7) is 0.481. The van der Waals surface area contributed by atoms with E-state index in [1.807, 2.05) is 42.5 Å². The third-order valence-electron chi connectivity index (χ3n) is 2.36. The van der Waals surface area contributed by atoms with Crippen molar-refractivity contribution in [1.29, 1.82) is 0 Å². The molecule has 17 heavy (non-hydrogen) atoms. The maximum Gasteiger partial charge on any atom is 0.140 e. The topological polar surface area (TPSA) is 47.3 Å². The molecule has 3 N–H and O–H groups in total. The van der Waals surface area contributed by atoms with Crippen LogP contribution in [0.1, 0.15) is 5.56 Å². The average molecular weight is 249 g/mol. The molecule has 0 fully saturated rings. The standard InChI is InChI=1S/C13H13ClN2O/c14-13-11(16-15)7-4-8-12(13)17-9-10-5-2-1-3-6-10/h1-8,16H,9,15H2. The molecule has 0 aromatic heterocycles. The number of nitrogens with one attached hydrogen (secondary N) is 1. The van der Waals surface area contributed by atoms with Crippen molar-refractivity contribution in [3.8, 4) is 5.75 Å². The summed E-state index contributed by atoms with van der Waals surface area (Å²) in [6.07, 6.45) is 0. The van der Waals surface area contributed by atoms with Crippen LogP contribution >= 0.6 is 11.6 Å². The van der Waals surface area contributed by atoms with E-state index in [0.717, 1.165) is 5.56 Å². The van der Waals surface area contributed by atoms with Crippen molar-refractivity contribution < 1.29 is 4.74 Å². The monoisotopic (exact) mass is 248 g/mol. The second-order valence-electron chi connectivity index (χ2n) is 3.54. The Morgan fingerprint density at radius 2 is 1.82 bits per heavy atom. The van der Waals surface area contributed by atoms with Gasteiger partial charge in [-0.2, -0.15) is 0 Å². The molecule has 0 unspecified atom stereocenters. The number of hydrazine groups is 1. The molecule has 0 bridgehead atoms. The van der Waals surface area contributed by atoms with E-state index in [4.69, 9.17) is 22.2 Å². The maximum atomic E-state index is 6.11. The lowest BCUT2D eigenvalue weighted by molar-refractivity contribution is 0.306. The Morgan fingerprint density at radius 3 is 2.53 bits per heavy atom. The fraction of sp³-hybridized carbons (Fsp3) is 0.0769. The zero-order valence-corrected chi connectivity index (χ0v) is 9.95. The first kappa shape index (κ1) is 11.8. The molecule has 0 amide bonds. The molecular weight excluding hydrogens is 236 g/mol. The van der Waals surface area contributed by atoms with Gasteiger partial charge in [0.15, 0.2) is 0 Å². The van der Waals surface area contributed by atoms with Crippen LogP contribution in [0.3, 0.4) is 0 Å². The van der Waals surface area contributed by atoms with Gasteiger partial charge in [0.25, 0.3) is 0 Å². The van der Waals surface area contributed by atoms with Gasteiger partial charge in [0.2, 0.25) is 0 Å². The van der Waals surface area contributed by atoms with Gasteiger partial charge in [-0.15, -0.1) is 0 Å². The van der Waals surface area contributed by atoms with E-state index in [1.54, 1.807) is 6.07 Å². The fourth-order valence-electron chi connectivity index (χ4n) is 1.47. The van der Waals surface area contributed by atoms with Crippen LogP contribution in [0.5, 0.6) is 5.75 Å². The van der Waals surface area contributed by atoms with E-state index < -0.39 is 0 Å². The van der Waals surface area contributed by atoms with E-state index in [9.17, 15) is 0 Å². The largest absolute Gasteiger partial charge is 0.487 e. The first-order valence-electron chi connectivity index (χ1n) is 5.23. The number of nitrogens with two attached hydrogens (primary N) is 1. The highest BCUT2D eigenvalue weighted by Gasteiger charge is 2.05. The predicted molar refractivity (Wildman–Crippen MR) is 70.0 cm³/mol. The van der Waals surface area contributed by atoms with Gasteiger partial charge in [0.05, 0.1) is 5.69 Å². The van der Waals surface area contributed by atoms with Crippen LogP contribution in [0, 0.1) is 0 Å². The molecule has 3 nitrogen and oxygen atoms in total. The van der Waals surface area contributed by atoms with Gasteiger partial charge in [0.1, 0.15) is 17.4 Å². The van der Waals surface area contributed by atoms with Crippen molar-refractivity contribution in [2.24, 2.45) is 5.84 Å². The third-order valence-corrected chi connectivity index (χ3v) is 2.75. The summed E-state index contributed by atoms with van der Waals surface area (Å²) in [5.41, 5.74) is 4.26. The fourth-order valence-corrected chi connectivity index (χ4v) is 1.70. The zero-order chi connectivity index (χ0) is 12.1. The zero-order valence-electron chi connectivity index (χ0n) is 9.19. The quantitative estimate of drug-likeness (QED) is 0.645. The van der Waals surface area contributed by atoms with Crippen LogP contribution in [-0.2, 0) is 6.61 Å². The molecule has 2 aromatic carbocycles. The first-order chi connectivity index (χ1) is 8.31. The lowest BCUT2D eigenvalue weighted by atomic mass is 10.2. The maximum absolute atomic E-state index is 6.11. The summed E-state index contributed by atoms with van der Waals surface area (Å²) in [5, 5.41) is 0.492. The lowest BCUT2D eigenvalue weighted by Crippen LogP contribution is -2.07. The SMILES string of the molecule is NNc1cccc(OCc2ccccc2)c1Cl. The Hall–Kier alpha value is -1.71. The van der Waals surface area contributed by atoms with E-state index in [0.29, 0.717) is 23.1 Å². The van der Waals surface area contributed by atoms with Crippen molar-refractivity contribution in [1.82, 2.24) is 0 Å². The molecule has 0 aliphatic rings. The van der Waals surface area contributed by atoms with Gasteiger partial charge in [-0.05, 0) is 17.7 Å². The van der Waals surface area contributed by atoms with Crippen molar-refractivity contribution in [3.63, 3.8) is 0 Å². The average Bonchev–Trinajstić information content (AvgIpc) is 2.39. The number of ether oxygens (including phenoxy) is 1. The number of hydrogen-bond donors (Lipinski definition) is 2. The second kappa shape index (κ2) is 5.57. The lowest BCUT2D eigenvalue weighted by Gasteiger charge is -2.10. The summed E-state index contributed by atoms with van der Waals surface area (Å²) in [5.74, 6) is 5.95. The number of nitrogen functional groups attached to an aromatic ring is 1. The molecule has 0 aliphatic carbocycles. The first-order valence-corrected chi connectivity index (χ1v) is 5.61. The minimum Gasteiger partial charge on any atom is -0.487 e. The Morgan fingerprint density at radius 1 is 1.06 bits per heavy atom. The van der Waals surface area contributed by atoms with Crippen molar-refractivity contribution in [3.05, 3.63) is 59.1 Å². The molecule has 2 rings (SSSR count). The molecule has 0 aliphatic heterocycles. The van der Waals surface area contributed by atoms with Gasteiger partial charge < -0.3 is 10.2 Å². The molecule has 4 heteroatoms. The molecule has 0 heterocycles. The minimum absolute atomic E-state index is 0.481. The smallest absolute Gasteiger partial charge is 0.140 e. The van der Waals surface area contributed by atoms with Crippen molar-refractivity contribution >= 4 is 17.3 Å². The highest BCUT2D eigenvalue weighted by atomic mass is 35.5. The van der Waals surface area contributed by atoms with E-state index in [2.05, 4.69) is 5.43 Å². The Bertz CT molecular complexity index is 488. The molecular formula is C13H13ClN2O. The number of benzene rings is 2. The number of hydrogen-bond acceptors (Lipinski definition) is 3. The molecule has 88 valence electrons. The van der Waals surface area contributed by atoms with Gasteiger partial charge >= 0.3 is 0 Å². The van der Waals surface area contributed by atoms with Crippen LogP contribution in [-0.4, -0.2) is 0 Å². The van der Waals surface area contributed by atoms with Crippen LogP contribution in [0.4, 0.5) is 5.69 Å². The van der Waals surface area contributed by atoms with Crippen LogP contribution < -0.4 is 16.0 Å². The van der Waals surface area contributed by atoms with E-state index >= 15 is 0 Å². The summed E-state index contributed by atoms with van der Waals surface area (Å²) >= 11 is 6.11. The number of rotatable bonds is 4. The minimum atomic E-state index is 0.481. The van der Waals surface area contributed by atoms with E-state index in [-0.39, 0.29) is 0 Å². The predicted octanol–water partition coefficient (Wildman–Crippen LogP) is 3.20. The van der Waals surface area contributed by atoms with Crippen LogP contribution in [0.15, 0.2) is 48.5 Å². The van der Waals surface area contributed by atoms with Crippen LogP contribution in [0.25, 0.3) is 0 Å². The Balaban J connectivity index is 2.09. The molecule has 0 saturated heterocycles. The van der Waals surface area contributed by atoms with Crippen LogP contribution in [0.2, 0.25) is 5.02 Å². The van der Waals surface area contributed by atoms with Gasteiger partial charge in [-0.25, -0.2) is 0 Å².